The number of pyridine rings is 2. The number of rotatable bonds is 9. The lowest BCUT2D eigenvalue weighted by atomic mass is 9.98. The van der Waals surface area contributed by atoms with Gasteiger partial charge in [-0.05, 0) is 67.5 Å². The number of ether oxygens (including phenoxy) is 3. The summed E-state index contributed by atoms with van der Waals surface area (Å²) >= 11 is 6.39. The molecular formula is C39H43ClN6O7. The molecule has 3 fully saturated rings. The van der Waals surface area contributed by atoms with Crippen LogP contribution < -0.4 is 25.2 Å². The van der Waals surface area contributed by atoms with Gasteiger partial charge < -0.3 is 23.7 Å². The van der Waals surface area contributed by atoms with Gasteiger partial charge in [-0.1, -0.05) is 11.6 Å². The third kappa shape index (κ3) is 7.59. The Kier molecular flexibility index (Phi) is 10.7. The Balaban J connectivity index is 0.936. The van der Waals surface area contributed by atoms with Gasteiger partial charge in [-0.3, -0.25) is 34.5 Å². The largest absolute Gasteiger partial charge is 0.496 e. The van der Waals surface area contributed by atoms with Crippen molar-refractivity contribution < 1.29 is 28.6 Å². The van der Waals surface area contributed by atoms with Crippen LogP contribution in [0.4, 0.5) is 10.5 Å². The van der Waals surface area contributed by atoms with E-state index in [4.69, 9.17) is 25.8 Å². The van der Waals surface area contributed by atoms with Crippen LogP contribution in [0, 0.1) is 0 Å². The first-order valence-electron chi connectivity index (χ1n) is 17.9. The number of benzene rings is 2. The topological polar surface area (TPSA) is 136 Å². The van der Waals surface area contributed by atoms with Crippen molar-refractivity contribution in [3.05, 3.63) is 81.5 Å². The number of nitrogens with one attached hydrogen (secondary N) is 1. The first-order chi connectivity index (χ1) is 25.6. The molecule has 0 aliphatic carbocycles. The maximum Gasteiger partial charge on any atom is 0.328 e. The minimum absolute atomic E-state index is 0.0761. The highest BCUT2D eigenvalue weighted by Crippen LogP contribution is 2.39. The Morgan fingerprint density at radius 2 is 1.60 bits per heavy atom. The second-order valence-corrected chi connectivity index (χ2v) is 14.2. The zero-order chi connectivity index (χ0) is 37.2. The molecule has 2 aromatic heterocycles. The number of halogens is 1. The van der Waals surface area contributed by atoms with Crippen molar-refractivity contribution in [2.45, 2.75) is 50.9 Å². The number of hydrogen-bond donors (Lipinski definition) is 1. The summed E-state index contributed by atoms with van der Waals surface area (Å²) in [5.41, 5.74) is 3.47. The minimum Gasteiger partial charge on any atom is -0.496 e. The lowest BCUT2D eigenvalue weighted by Gasteiger charge is -2.37. The number of aryl methyl sites for hydroxylation is 1. The minimum atomic E-state index is -0.544. The van der Waals surface area contributed by atoms with E-state index in [0.717, 1.165) is 66.6 Å². The van der Waals surface area contributed by atoms with Gasteiger partial charge >= 0.3 is 6.03 Å². The quantitative estimate of drug-likeness (QED) is 0.251. The van der Waals surface area contributed by atoms with E-state index in [0.29, 0.717) is 47.0 Å². The molecule has 0 atom stereocenters. The van der Waals surface area contributed by atoms with Crippen molar-refractivity contribution in [2.75, 3.05) is 51.8 Å². The number of likely N-dealkylation sites (tertiary alicyclic amines) is 2. The molecular weight excluding hydrogens is 700 g/mol. The molecule has 4 amide bonds. The Morgan fingerprint density at radius 3 is 2.30 bits per heavy atom. The zero-order valence-corrected chi connectivity index (χ0v) is 30.9. The van der Waals surface area contributed by atoms with E-state index in [1.165, 1.54) is 4.90 Å². The molecule has 2 aromatic carbocycles. The first-order valence-corrected chi connectivity index (χ1v) is 18.3. The number of piperidine rings is 2. The molecule has 278 valence electrons. The molecule has 13 nitrogen and oxygen atoms in total. The van der Waals surface area contributed by atoms with Gasteiger partial charge in [-0.15, -0.1) is 0 Å². The number of imide groups is 1. The van der Waals surface area contributed by atoms with Crippen molar-refractivity contribution in [2.24, 2.45) is 7.05 Å². The maximum atomic E-state index is 13.4. The molecule has 7 rings (SSSR count). The van der Waals surface area contributed by atoms with Gasteiger partial charge in [0.25, 0.3) is 11.5 Å². The van der Waals surface area contributed by atoms with Crippen LogP contribution in [0.5, 0.6) is 11.5 Å². The number of urea groups is 1. The molecule has 5 heterocycles. The lowest BCUT2D eigenvalue weighted by molar-refractivity contribution is -0.120. The van der Waals surface area contributed by atoms with E-state index in [-0.39, 0.29) is 42.5 Å². The number of amides is 4. The Labute approximate surface area is 312 Å². The monoisotopic (exact) mass is 742 g/mol. The normalized spacial score (nSPS) is 17.7. The standard InChI is InChI=1S/C39H43ClN6O7/c1-43-23-31(28-6-12-41-21-30(28)38(43)49)29-20-34(51-2)25(19-35(29)52-3)22-44-13-7-26(8-14-44)53-27-9-15-45(16-10-27)37(48)24-4-5-32(40)33(18-24)46-17-11-36(47)42-39(46)50/h4-6,12,18-21,23,26-27H,7-11,13-17,22H2,1-3H3,(H,42,47,50). The van der Waals surface area contributed by atoms with Gasteiger partial charge in [0.05, 0.1) is 42.5 Å². The summed E-state index contributed by atoms with van der Waals surface area (Å²) in [4.78, 5) is 60.0. The van der Waals surface area contributed by atoms with Crippen molar-refractivity contribution >= 4 is 45.9 Å². The first kappa shape index (κ1) is 36.4. The molecule has 0 saturated carbocycles. The number of methoxy groups -OCH3 is 2. The predicted molar refractivity (Wildman–Crippen MR) is 201 cm³/mol. The van der Waals surface area contributed by atoms with Crippen LogP contribution >= 0.6 is 11.6 Å². The van der Waals surface area contributed by atoms with Gasteiger partial charge in [0, 0.05) is 93.6 Å². The third-order valence-corrected chi connectivity index (χ3v) is 10.8. The molecule has 1 N–H and O–H groups in total. The molecule has 0 unspecified atom stereocenters. The van der Waals surface area contributed by atoms with E-state index in [1.54, 1.807) is 56.4 Å². The number of carbonyl (C=O) groups is 3. The van der Waals surface area contributed by atoms with Crippen LogP contribution in [0.25, 0.3) is 21.9 Å². The highest BCUT2D eigenvalue weighted by atomic mass is 35.5. The zero-order valence-electron chi connectivity index (χ0n) is 30.1. The second-order valence-electron chi connectivity index (χ2n) is 13.8. The summed E-state index contributed by atoms with van der Waals surface area (Å²) in [6, 6.07) is 10.2. The van der Waals surface area contributed by atoms with E-state index in [1.807, 2.05) is 29.3 Å². The van der Waals surface area contributed by atoms with Crippen LogP contribution in [0.1, 0.15) is 48.0 Å². The summed E-state index contributed by atoms with van der Waals surface area (Å²) in [6.07, 6.45) is 8.79. The molecule has 53 heavy (non-hydrogen) atoms. The van der Waals surface area contributed by atoms with Crippen LogP contribution in [-0.4, -0.2) is 96.3 Å². The summed E-state index contributed by atoms with van der Waals surface area (Å²) in [5.74, 6) is 0.994. The lowest BCUT2D eigenvalue weighted by Crippen LogP contribution is -2.49. The van der Waals surface area contributed by atoms with E-state index in [9.17, 15) is 19.2 Å². The second kappa shape index (κ2) is 15.6. The van der Waals surface area contributed by atoms with Crippen LogP contribution in [0.15, 0.2) is 59.8 Å². The fourth-order valence-electron chi connectivity index (χ4n) is 7.56. The molecule has 14 heteroatoms. The fraction of sp³-hybridized carbons (Fsp3) is 0.410. The molecule has 3 aliphatic heterocycles. The van der Waals surface area contributed by atoms with Crippen molar-refractivity contribution in [1.29, 1.82) is 0 Å². The highest BCUT2D eigenvalue weighted by molar-refractivity contribution is 6.34. The molecule has 4 aromatic rings. The van der Waals surface area contributed by atoms with Gasteiger partial charge in [0.15, 0.2) is 0 Å². The van der Waals surface area contributed by atoms with Gasteiger partial charge in [-0.25, -0.2) is 4.79 Å². The fourth-order valence-corrected chi connectivity index (χ4v) is 7.78. The van der Waals surface area contributed by atoms with E-state index >= 15 is 0 Å². The number of fused-ring (bicyclic) bond motifs is 1. The van der Waals surface area contributed by atoms with Gasteiger partial charge in [0.2, 0.25) is 5.91 Å². The predicted octanol–water partition coefficient (Wildman–Crippen LogP) is 5.00. The summed E-state index contributed by atoms with van der Waals surface area (Å²) in [7, 11) is 5.06. The Bertz CT molecular complexity index is 2110. The summed E-state index contributed by atoms with van der Waals surface area (Å²) in [6.45, 7) is 3.78. The molecule has 3 aliphatic rings. The maximum absolute atomic E-state index is 13.4. The Morgan fingerprint density at radius 1 is 0.887 bits per heavy atom. The average Bonchev–Trinajstić information content (AvgIpc) is 3.17. The SMILES string of the molecule is COc1cc(-c2cn(C)c(=O)c3cnccc23)c(OC)cc1CN1CCC(OC2CCN(C(=O)c3ccc(Cl)c(N4CCC(=O)NC4=O)c3)CC2)CC1. The van der Waals surface area contributed by atoms with Gasteiger partial charge in [-0.2, -0.15) is 0 Å². The van der Waals surface area contributed by atoms with Gasteiger partial charge in [0.1, 0.15) is 11.5 Å². The number of hydrogen-bond acceptors (Lipinski definition) is 9. The summed E-state index contributed by atoms with van der Waals surface area (Å²) < 4.78 is 19.9. The molecule has 3 saturated heterocycles. The number of nitrogens with zero attached hydrogens (tertiary/aromatic N) is 5. The number of aromatic nitrogens is 2. The van der Waals surface area contributed by atoms with Crippen molar-refractivity contribution in [3.8, 4) is 22.6 Å². The molecule has 0 radical (unpaired) electrons. The van der Waals surface area contributed by atoms with Crippen LogP contribution in [0.3, 0.4) is 0 Å². The Hall–Kier alpha value is -4.98. The average molecular weight is 743 g/mol. The molecule has 0 spiro atoms. The number of anilines is 1. The number of carbonyl (C=O) groups excluding carboxylic acids is 3. The smallest absolute Gasteiger partial charge is 0.328 e. The molecule has 0 bridgehead atoms. The van der Waals surface area contributed by atoms with E-state index < -0.39 is 6.03 Å². The highest BCUT2D eigenvalue weighted by Gasteiger charge is 2.30. The third-order valence-electron chi connectivity index (χ3n) is 10.5. The van der Waals surface area contributed by atoms with Crippen molar-refractivity contribution in [1.82, 2.24) is 24.7 Å². The van der Waals surface area contributed by atoms with Crippen molar-refractivity contribution in [3.63, 3.8) is 0 Å². The van der Waals surface area contributed by atoms with Crippen LogP contribution in [0.2, 0.25) is 5.02 Å². The van der Waals surface area contributed by atoms with E-state index in [2.05, 4.69) is 15.2 Å². The van der Waals surface area contributed by atoms with Crippen LogP contribution in [-0.2, 0) is 23.1 Å². The summed E-state index contributed by atoms with van der Waals surface area (Å²) in [5, 5.41) is 3.98.